The van der Waals surface area contributed by atoms with Crippen LogP contribution in [0.2, 0.25) is 0 Å². The molecule has 0 amide bonds. The van der Waals surface area contributed by atoms with Crippen LogP contribution in [0.4, 0.5) is 0 Å². The van der Waals surface area contributed by atoms with Crippen molar-refractivity contribution >= 4 is 16.9 Å². The number of esters is 1. The number of nitrogens with one attached hydrogen (secondary N) is 1. The first kappa shape index (κ1) is 20.4. The van der Waals surface area contributed by atoms with Gasteiger partial charge < -0.3 is 23.4 Å². The topological polar surface area (TPSA) is 88.6 Å². The molecule has 5 rings (SSSR count). The number of hydrogen-bond donors (Lipinski definition) is 1. The SMILES string of the molecule is COC(=O)[C@H](C)[NH+]1COc2ccc3c(=O)c(-c4ccc5c(c4)OCCO5)c(C)oc3c2C1. The minimum Gasteiger partial charge on any atom is -0.486 e. The molecule has 32 heavy (non-hydrogen) atoms. The summed E-state index contributed by atoms with van der Waals surface area (Å²) in [7, 11) is 1.37. The third-order valence-electron chi connectivity index (χ3n) is 6.11. The number of rotatable bonds is 3. The maximum atomic E-state index is 13.5. The summed E-state index contributed by atoms with van der Waals surface area (Å²) in [6.07, 6.45) is 0. The highest BCUT2D eigenvalue weighted by Crippen LogP contribution is 2.36. The van der Waals surface area contributed by atoms with E-state index in [0.29, 0.717) is 71.6 Å². The molecule has 2 aliphatic rings. The van der Waals surface area contributed by atoms with Gasteiger partial charge in [-0.05, 0) is 43.7 Å². The zero-order valence-electron chi connectivity index (χ0n) is 18.2. The summed E-state index contributed by atoms with van der Waals surface area (Å²) in [6, 6.07) is 8.57. The van der Waals surface area contributed by atoms with Crippen molar-refractivity contribution in [3.63, 3.8) is 0 Å². The van der Waals surface area contributed by atoms with E-state index in [2.05, 4.69) is 0 Å². The van der Waals surface area contributed by atoms with Crippen molar-refractivity contribution in [1.29, 1.82) is 0 Å². The van der Waals surface area contributed by atoms with Crippen molar-refractivity contribution in [3.05, 3.63) is 51.9 Å². The summed E-state index contributed by atoms with van der Waals surface area (Å²) in [6.45, 7) is 5.35. The molecule has 166 valence electrons. The molecule has 1 aromatic heterocycles. The molecule has 2 aliphatic heterocycles. The van der Waals surface area contributed by atoms with Crippen LogP contribution < -0.4 is 24.5 Å². The van der Waals surface area contributed by atoms with E-state index in [4.69, 9.17) is 23.4 Å². The Hall–Kier alpha value is -3.52. The van der Waals surface area contributed by atoms with E-state index < -0.39 is 6.04 Å². The standard InChI is InChI=1S/C24H23NO7/c1-13(24(27)28-3)25-11-17-18(31-12-25)7-5-16-22(26)21(14(2)32-23(16)17)15-4-6-19-20(10-15)30-9-8-29-19/h4-7,10,13H,8-9,11-12H2,1-3H3/p+1/t13-/m0/s1. The van der Waals surface area contributed by atoms with Crippen molar-refractivity contribution in [1.82, 2.24) is 0 Å². The quantitative estimate of drug-likeness (QED) is 0.624. The molecule has 0 aliphatic carbocycles. The van der Waals surface area contributed by atoms with Gasteiger partial charge in [0.2, 0.25) is 12.2 Å². The van der Waals surface area contributed by atoms with Gasteiger partial charge in [-0.2, -0.15) is 0 Å². The van der Waals surface area contributed by atoms with E-state index in [1.54, 1.807) is 26.0 Å². The van der Waals surface area contributed by atoms with Crippen LogP contribution in [0.1, 0.15) is 18.2 Å². The second-order valence-corrected chi connectivity index (χ2v) is 8.01. The molecule has 0 spiro atoms. The van der Waals surface area contributed by atoms with Crippen molar-refractivity contribution < 1.29 is 33.1 Å². The molecule has 8 nitrogen and oxygen atoms in total. The average molecular weight is 438 g/mol. The van der Waals surface area contributed by atoms with Crippen molar-refractivity contribution in [3.8, 4) is 28.4 Å². The first-order valence-electron chi connectivity index (χ1n) is 10.5. The highest BCUT2D eigenvalue weighted by Gasteiger charge is 2.33. The Kier molecular flexibility index (Phi) is 5.01. The summed E-state index contributed by atoms with van der Waals surface area (Å²) in [4.78, 5) is 26.4. The molecule has 8 heteroatoms. The van der Waals surface area contributed by atoms with E-state index in [1.165, 1.54) is 7.11 Å². The summed E-state index contributed by atoms with van der Waals surface area (Å²) < 4.78 is 28.2. The highest BCUT2D eigenvalue weighted by atomic mass is 16.6. The van der Waals surface area contributed by atoms with Gasteiger partial charge in [0.25, 0.3) is 0 Å². The summed E-state index contributed by atoms with van der Waals surface area (Å²) in [5.74, 6) is 2.12. The molecule has 0 saturated heterocycles. The number of carbonyl (C=O) groups excluding carboxylic acids is 1. The fraction of sp³-hybridized carbons (Fsp3) is 0.333. The Balaban J connectivity index is 1.60. The van der Waals surface area contributed by atoms with E-state index in [9.17, 15) is 9.59 Å². The number of benzene rings is 2. The van der Waals surface area contributed by atoms with Crippen LogP contribution in [0, 0.1) is 6.92 Å². The van der Waals surface area contributed by atoms with Gasteiger partial charge in [-0.25, -0.2) is 4.79 Å². The van der Waals surface area contributed by atoms with Gasteiger partial charge in [0, 0.05) is 0 Å². The molecule has 1 unspecified atom stereocenters. The van der Waals surface area contributed by atoms with Crippen molar-refractivity contribution in [2.24, 2.45) is 0 Å². The predicted molar refractivity (Wildman–Crippen MR) is 115 cm³/mol. The van der Waals surface area contributed by atoms with E-state index in [-0.39, 0.29) is 11.4 Å². The molecule has 3 heterocycles. The third-order valence-corrected chi connectivity index (χ3v) is 6.11. The molecular weight excluding hydrogens is 414 g/mol. The number of hydrogen-bond acceptors (Lipinski definition) is 7. The largest absolute Gasteiger partial charge is 0.486 e. The van der Waals surface area contributed by atoms with Gasteiger partial charge in [0.15, 0.2) is 23.1 Å². The van der Waals surface area contributed by atoms with Gasteiger partial charge in [0.1, 0.15) is 31.3 Å². The highest BCUT2D eigenvalue weighted by molar-refractivity contribution is 5.87. The molecular formula is C24H24NO7+. The Morgan fingerprint density at radius 2 is 1.81 bits per heavy atom. The van der Waals surface area contributed by atoms with Gasteiger partial charge in [-0.15, -0.1) is 0 Å². The molecule has 2 atom stereocenters. The number of aryl methyl sites for hydroxylation is 1. The molecule has 3 aromatic rings. The monoisotopic (exact) mass is 438 g/mol. The molecule has 0 saturated carbocycles. The smallest absolute Gasteiger partial charge is 0.364 e. The van der Waals surface area contributed by atoms with Crippen molar-refractivity contribution in [2.75, 3.05) is 27.1 Å². The molecule has 0 fully saturated rings. The third kappa shape index (κ3) is 3.27. The lowest BCUT2D eigenvalue weighted by Gasteiger charge is -2.29. The fourth-order valence-corrected chi connectivity index (χ4v) is 4.31. The number of methoxy groups -OCH3 is 1. The van der Waals surface area contributed by atoms with Crippen molar-refractivity contribution in [2.45, 2.75) is 26.4 Å². The first-order chi connectivity index (χ1) is 15.5. The Morgan fingerprint density at radius 3 is 2.59 bits per heavy atom. The fourth-order valence-electron chi connectivity index (χ4n) is 4.31. The average Bonchev–Trinajstić information content (AvgIpc) is 2.82. The number of fused-ring (bicyclic) bond motifs is 4. The van der Waals surface area contributed by atoms with E-state index >= 15 is 0 Å². The van der Waals surface area contributed by atoms with E-state index in [0.717, 1.165) is 10.5 Å². The Labute approximate surface area is 184 Å². The number of ether oxygens (including phenoxy) is 4. The second kappa shape index (κ2) is 7.87. The summed E-state index contributed by atoms with van der Waals surface area (Å²) >= 11 is 0. The first-order valence-corrected chi connectivity index (χ1v) is 10.5. The van der Waals surface area contributed by atoms with Gasteiger partial charge in [-0.3, -0.25) is 9.69 Å². The van der Waals surface area contributed by atoms with Crippen LogP contribution in [0.25, 0.3) is 22.1 Å². The number of carbonyl (C=O) groups is 1. The minimum absolute atomic E-state index is 0.128. The predicted octanol–water partition coefficient (Wildman–Crippen LogP) is 1.84. The number of quaternary nitrogens is 1. The van der Waals surface area contributed by atoms with Crippen LogP contribution in [0.15, 0.2) is 39.5 Å². The van der Waals surface area contributed by atoms with Crippen LogP contribution in [-0.4, -0.2) is 39.1 Å². The molecule has 1 N–H and O–H groups in total. The molecule has 0 radical (unpaired) electrons. The van der Waals surface area contributed by atoms with Crippen LogP contribution in [0.3, 0.4) is 0 Å². The summed E-state index contributed by atoms with van der Waals surface area (Å²) in [5, 5.41) is 0.467. The van der Waals surface area contributed by atoms with Crippen LogP contribution >= 0.6 is 0 Å². The minimum atomic E-state index is -0.409. The Morgan fingerprint density at radius 1 is 1.06 bits per heavy atom. The van der Waals surface area contributed by atoms with Gasteiger partial charge in [-0.1, -0.05) is 6.07 Å². The normalized spacial score (nSPS) is 17.9. The lowest BCUT2D eigenvalue weighted by Crippen LogP contribution is -3.16. The summed E-state index contributed by atoms with van der Waals surface area (Å²) in [5.41, 5.74) is 2.33. The van der Waals surface area contributed by atoms with Crippen LogP contribution in [0.5, 0.6) is 17.2 Å². The lowest BCUT2D eigenvalue weighted by molar-refractivity contribution is -0.946. The maximum Gasteiger partial charge on any atom is 0.364 e. The van der Waals surface area contributed by atoms with Crippen LogP contribution in [-0.2, 0) is 16.1 Å². The second-order valence-electron chi connectivity index (χ2n) is 8.01. The molecule has 2 aromatic carbocycles. The zero-order chi connectivity index (χ0) is 22.4. The maximum absolute atomic E-state index is 13.5. The van der Waals surface area contributed by atoms with E-state index in [1.807, 2.05) is 18.2 Å². The zero-order valence-corrected chi connectivity index (χ0v) is 18.2. The lowest BCUT2D eigenvalue weighted by atomic mass is 10.00. The molecule has 0 bridgehead atoms. The van der Waals surface area contributed by atoms with Gasteiger partial charge in [0.05, 0.1) is 23.6 Å². The Bertz CT molecular complexity index is 1280. The van der Waals surface area contributed by atoms with Gasteiger partial charge >= 0.3 is 5.97 Å².